The number of nitrogens with zero attached hydrogens (tertiary/aromatic N) is 3. The summed E-state index contributed by atoms with van der Waals surface area (Å²) in [7, 11) is 1.64. The molecule has 7 heteroatoms. The van der Waals surface area contributed by atoms with E-state index in [0.29, 0.717) is 11.0 Å². The van der Waals surface area contributed by atoms with Gasteiger partial charge in [-0.15, -0.1) is 10.2 Å². The Balaban J connectivity index is 1.59. The lowest BCUT2D eigenvalue weighted by Crippen LogP contribution is -2.16. The maximum Gasteiger partial charge on any atom is 0.234 e. The molecule has 0 fully saturated rings. The molecule has 0 saturated heterocycles. The van der Waals surface area contributed by atoms with E-state index in [0.717, 1.165) is 33.8 Å². The fourth-order valence-corrected chi connectivity index (χ4v) is 4.53. The largest absolute Gasteiger partial charge is 0.497 e. The first-order valence-corrected chi connectivity index (χ1v) is 11.6. The van der Waals surface area contributed by atoms with E-state index in [1.54, 1.807) is 7.11 Å². The van der Waals surface area contributed by atoms with E-state index in [4.69, 9.17) is 4.74 Å². The zero-order valence-electron chi connectivity index (χ0n) is 19.1. The van der Waals surface area contributed by atoms with Gasteiger partial charge in [0, 0.05) is 16.9 Å². The van der Waals surface area contributed by atoms with E-state index in [9.17, 15) is 4.79 Å². The van der Waals surface area contributed by atoms with Crippen LogP contribution in [-0.2, 0) is 4.79 Å². The maximum atomic E-state index is 12.8. The Labute approximate surface area is 198 Å². The minimum absolute atomic E-state index is 0.0799. The van der Waals surface area contributed by atoms with Gasteiger partial charge in [-0.05, 0) is 68.3 Å². The van der Waals surface area contributed by atoms with Crippen molar-refractivity contribution in [1.29, 1.82) is 0 Å². The number of aromatic nitrogens is 3. The number of thioether (sulfide) groups is 1. The zero-order valence-corrected chi connectivity index (χ0v) is 19.9. The number of methoxy groups -OCH3 is 1. The van der Waals surface area contributed by atoms with Gasteiger partial charge < -0.3 is 10.1 Å². The summed E-state index contributed by atoms with van der Waals surface area (Å²) in [6, 6.07) is 21.7. The van der Waals surface area contributed by atoms with Crippen molar-refractivity contribution >= 4 is 23.4 Å². The van der Waals surface area contributed by atoms with Gasteiger partial charge in [-0.1, -0.05) is 47.7 Å². The van der Waals surface area contributed by atoms with Crippen molar-refractivity contribution < 1.29 is 9.53 Å². The Morgan fingerprint density at radius 1 is 0.970 bits per heavy atom. The van der Waals surface area contributed by atoms with Crippen LogP contribution in [-0.4, -0.2) is 33.5 Å². The summed E-state index contributed by atoms with van der Waals surface area (Å²) in [5, 5.41) is 12.5. The van der Waals surface area contributed by atoms with Gasteiger partial charge in [0.2, 0.25) is 5.91 Å². The van der Waals surface area contributed by atoms with E-state index in [-0.39, 0.29) is 11.7 Å². The third-order valence-corrected chi connectivity index (χ3v) is 6.20. The molecule has 0 radical (unpaired) electrons. The summed E-state index contributed by atoms with van der Waals surface area (Å²) in [6.45, 7) is 6.07. The summed E-state index contributed by atoms with van der Waals surface area (Å²) < 4.78 is 7.25. The predicted molar refractivity (Wildman–Crippen MR) is 133 cm³/mol. The average Bonchev–Trinajstić information content (AvgIpc) is 3.24. The molecule has 0 spiro atoms. The Bertz CT molecular complexity index is 1240. The molecule has 0 saturated carbocycles. The second-order valence-corrected chi connectivity index (χ2v) is 8.76. The van der Waals surface area contributed by atoms with E-state index < -0.39 is 0 Å². The monoisotopic (exact) mass is 458 g/mol. The number of ether oxygens (including phenoxy) is 1. The van der Waals surface area contributed by atoms with Crippen molar-refractivity contribution in [1.82, 2.24) is 14.8 Å². The molecule has 168 valence electrons. The molecule has 1 amide bonds. The first-order chi connectivity index (χ1) is 16.0. The molecule has 1 heterocycles. The topological polar surface area (TPSA) is 69.0 Å². The lowest BCUT2D eigenvalue weighted by Gasteiger charge is -2.13. The quantitative estimate of drug-likeness (QED) is 0.365. The fourth-order valence-electron chi connectivity index (χ4n) is 3.78. The van der Waals surface area contributed by atoms with E-state index >= 15 is 0 Å². The standard InChI is InChI=1S/C26H26N4O2S/c1-17-14-18(2)24(19(3)15-17)27-23(31)16-33-26-29-28-25(20-10-12-22(32-4)13-11-20)30(26)21-8-6-5-7-9-21/h5-15H,16H2,1-4H3,(H,27,31). The Hall–Kier alpha value is -3.58. The molecule has 4 aromatic rings. The number of aryl methyl sites for hydroxylation is 3. The number of nitrogens with one attached hydrogen (secondary N) is 1. The Morgan fingerprint density at radius 2 is 1.64 bits per heavy atom. The lowest BCUT2D eigenvalue weighted by atomic mass is 10.1. The number of benzene rings is 3. The van der Waals surface area contributed by atoms with Crippen LogP contribution in [0, 0.1) is 20.8 Å². The van der Waals surface area contributed by atoms with Crippen LogP contribution in [0.3, 0.4) is 0 Å². The van der Waals surface area contributed by atoms with E-state index in [1.165, 1.54) is 17.3 Å². The minimum Gasteiger partial charge on any atom is -0.497 e. The normalized spacial score (nSPS) is 10.8. The Morgan fingerprint density at radius 3 is 2.27 bits per heavy atom. The first-order valence-electron chi connectivity index (χ1n) is 10.6. The summed E-state index contributed by atoms with van der Waals surface area (Å²) in [4.78, 5) is 12.8. The van der Waals surface area contributed by atoms with Gasteiger partial charge in [0.05, 0.1) is 12.9 Å². The molecule has 0 bridgehead atoms. The highest BCUT2D eigenvalue weighted by Crippen LogP contribution is 2.29. The molecule has 1 N–H and O–H groups in total. The van der Waals surface area contributed by atoms with Gasteiger partial charge in [0.25, 0.3) is 0 Å². The summed E-state index contributed by atoms with van der Waals surface area (Å²) in [5.74, 6) is 1.62. The van der Waals surface area contributed by atoms with Crippen LogP contribution in [0.4, 0.5) is 5.69 Å². The van der Waals surface area contributed by atoms with Gasteiger partial charge >= 0.3 is 0 Å². The number of rotatable bonds is 7. The second kappa shape index (κ2) is 9.92. The van der Waals surface area contributed by atoms with Crippen molar-refractivity contribution in [3.8, 4) is 22.8 Å². The number of hydrogen-bond donors (Lipinski definition) is 1. The van der Waals surface area contributed by atoms with Crippen LogP contribution < -0.4 is 10.1 Å². The van der Waals surface area contributed by atoms with Gasteiger partial charge in [0.15, 0.2) is 11.0 Å². The molecule has 6 nitrogen and oxygen atoms in total. The average molecular weight is 459 g/mol. The van der Waals surface area contributed by atoms with Crippen LogP contribution in [0.1, 0.15) is 16.7 Å². The lowest BCUT2D eigenvalue weighted by molar-refractivity contribution is -0.113. The highest BCUT2D eigenvalue weighted by atomic mass is 32.2. The Kier molecular flexibility index (Phi) is 6.79. The van der Waals surface area contributed by atoms with Crippen LogP contribution in [0.5, 0.6) is 5.75 Å². The SMILES string of the molecule is COc1ccc(-c2nnc(SCC(=O)Nc3c(C)cc(C)cc3C)n2-c2ccccc2)cc1. The van der Waals surface area contributed by atoms with Crippen molar-refractivity contribution in [2.75, 3.05) is 18.2 Å². The number of amides is 1. The zero-order chi connectivity index (χ0) is 23.4. The molecule has 0 atom stereocenters. The molecule has 0 unspecified atom stereocenters. The molecular weight excluding hydrogens is 432 g/mol. The van der Waals surface area contributed by atoms with Crippen molar-refractivity contribution in [3.63, 3.8) is 0 Å². The molecule has 1 aromatic heterocycles. The van der Waals surface area contributed by atoms with Gasteiger partial charge in [-0.25, -0.2) is 0 Å². The van der Waals surface area contributed by atoms with Gasteiger partial charge in [-0.2, -0.15) is 0 Å². The van der Waals surface area contributed by atoms with Crippen LogP contribution in [0.2, 0.25) is 0 Å². The van der Waals surface area contributed by atoms with Crippen LogP contribution in [0.15, 0.2) is 71.9 Å². The molecule has 3 aromatic carbocycles. The van der Waals surface area contributed by atoms with Crippen molar-refractivity contribution in [3.05, 3.63) is 83.4 Å². The van der Waals surface area contributed by atoms with E-state index in [1.807, 2.05) is 73.0 Å². The first kappa shape index (κ1) is 22.6. The third-order valence-electron chi connectivity index (χ3n) is 5.27. The smallest absolute Gasteiger partial charge is 0.234 e. The molecule has 0 aliphatic carbocycles. The highest BCUT2D eigenvalue weighted by molar-refractivity contribution is 7.99. The number of carbonyl (C=O) groups excluding carboxylic acids is 1. The molecule has 0 aliphatic rings. The predicted octanol–water partition coefficient (Wildman–Crippen LogP) is 5.60. The highest BCUT2D eigenvalue weighted by Gasteiger charge is 2.18. The molecule has 0 aliphatic heterocycles. The van der Waals surface area contributed by atoms with Crippen molar-refractivity contribution in [2.45, 2.75) is 25.9 Å². The fraction of sp³-hybridized carbons (Fsp3) is 0.192. The van der Waals surface area contributed by atoms with Crippen LogP contribution >= 0.6 is 11.8 Å². The summed E-state index contributed by atoms with van der Waals surface area (Å²) in [6.07, 6.45) is 0. The maximum absolute atomic E-state index is 12.8. The van der Waals surface area contributed by atoms with Crippen molar-refractivity contribution in [2.24, 2.45) is 0 Å². The van der Waals surface area contributed by atoms with Crippen LogP contribution in [0.25, 0.3) is 17.1 Å². The molecule has 4 rings (SSSR count). The number of carbonyl (C=O) groups is 1. The molecular formula is C26H26N4O2S. The second-order valence-electron chi connectivity index (χ2n) is 7.82. The summed E-state index contributed by atoms with van der Waals surface area (Å²) >= 11 is 1.36. The number of para-hydroxylation sites is 1. The molecule has 33 heavy (non-hydrogen) atoms. The van der Waals surface area contributed by atoms with E-state index in [2.05, 4.69) is 34.6 Å². The summed E-state index contributed by atoms with van der Waals surface area (Å²) in [5.41, 5.74) is 6.00. The minimum atomic E-state index is -0.0799. The van der Waals surface area contributed by atoms with Gasteiger partial charge in [0.1, 0.15) is 5.75 Å². The number of hydrogen-bond acceptors (Lipinski definition) is 5. The number of anilines is 1. The third kappa shape index (κ3) is 5.09. The van der Waals surface area contributed by atoms with Gasteiger partial charge in [-0.3, -0.25) is 9.36 Å².